The molecular formula is C12H10Br. The summed E-state index contributed by atoms with van der Waals surface area (Å²) in [5.41, 5.74) is 1.25. The number of alkyl halides is 1. The van der Waals surface area contributed by atoms with E-state index >= 15 is 0 Å². The molecular weight excluding hydrogens is 224 g/mol. The van der Waals surface area contributed by atoms with Crippen LogP contribution in [0.15, 0.2) is 42.5 Å². The molecule has 13 heavy (non-hydrogen) atoms. The van der Waals surface area contributed by atoms with Gasteiger partial charge in [-0.2, -0.15) is 0 Å². The summed E-state index contributed by atoms with van der Waals surface area (Å²) in [7, 11) is 0. The van der Waals surface area contributed by atoms with Crippen molar-refractivity contribution in [2.24, 2.45) is 0 Å². The molecule has 0 N–H and O–H groups in total. The van der Waals surface area contributed by atoms with Gasteiger partial charge in [-0.1, -0.05) is 58.4 Å². The van der Waals surface area contributed by atoms with Crippen molar-refractivity contribution >= 4 is 26.7 Å². The van der Waals surface area contributed by atoms with E-state index < -0.39 is 0 Å². The summed E-state index contributed by atoms with van der Waals surface area (Å²) in [5, 5.41) is 2.55. The Kier molecular flexibility index (Phi) is 2.36. The quantitative estimate of drug-likeness (QED) is 0.651. The molecule has 1 radical (unpaired) electrons. The van der Waals surface area contributed by atoms with Crippen molar-refractivity contribution in [1.82, 2.24) is 0 Å². The number of rotatable bonds is 1. The van der Waals surface area contributed by atoms with E-state index in [1.807, 2.05) is 0 Å². The molecule has 0 aliphatic rings. The number of hydrogen-bond donors (Lipinski definition) is 0. The van der Waals surface area contributed by atoms with E-state index in [2.05, 4.69) is 65.3 Å². The Balaban J connectivity index is 2.76. The molecule has 0 spiro atoms. The van der Waals surface area contributed by atoms with Crippen LogP contribution in [0.1, 0.15) is 10.4 Å². The SMILES string of the molecule is [CH2]C(Br)c1cccc2ccccc12. The predicted octanol–water partition coefficient (Wildman–Crippen LogP) is 4.11. The highest BCUT2D eigenvalue weighted by molar-refractivity contribution is 9.09. The molecule has 0 nitrogen and oxygen atoms in total. The summed E-state index contributed by atoms with van der Waals surface area (Å²) in [6.45, 7) is 3.98. The van der Waals surface area contributed by atoms with Crippen LogP contribution < -0.4 is 0 Å². The second-order valence-corrected chi connectivity index (χ2v) is 4.14. The van der Waals surface area contributed by atoms with Crippen LogP contribution in [0.4, 0.5) is 0 Å². The lowest BCUT2D eigenvalue weighted by atomic mass is 10.0. The number of hydrogen-bond acceptors (Lipinski definition) is 0. The maximum Gasteiger partial charge on any atom is 0.0402 e. The van der Waals surface area contributed by atoms with Gasteiger partial charge in [-0.3, -0.25) is 0 Å². The van der Waals surface area contributed by atoms with Crippen LogP contribution in [-0.4, -0.2) is 0 Å². The monoisotopic (exact) mass is 233 g/mol. The molecule has 0 aliphatic carbocycles. The van der Waals surface area contributed by atoms with E-state index in [4.69, 9.17) is 0 Å². The fraction of sp³-hybridized carbons (Fsp3) is 0.0833. The minimum Gasteiger partial charge on any atom is -0.0839 e. The van der Waals surface area contributed by atoms with Crippen molar-refractivity contribution in [3.63, 3.8) is 0 Å². The minimum absolute atomic E-state index is 0.165. The van der Waals surface area contributed by atoms with E-state index in [1.54, 1.807) is 0 Å². The molecule has 0 fully saturated rings. The molecule has 0 saturated heterocycles. The fourth-order valence-corrected chi connectivity index (χ4v) is 1.92. The van der Waals surface area contributed by atoms with Crippen LogP contribution in [0.25, 0.3) is 10.8 Å². The number of benzene rings is 2. The number of fused-ring (bicyclic) bond motifs is 1. The molecule has 1 heteroatoms. The second kappa shape index (κ2) is 3.51. The van der Waals surface area contributed by atoms with E-state index in [9.17, 15) is 0 Å². The van der Waals surface area contributed by atoms with Gasteiger partial charge in [-0.15, -0.1) is 0 Å². The third-order valence-electron chi connectivity index (χ3n) is 2.16. The highest BCUT2D eigenvalue weighted by atomic mass is 79.9. The highest BCUT2D eigenvalue weighted by Crippen LogP contribution is 2.28. The van der Waals surface area contributed by atoms with Gasteiger partial charge >= 0.3 is 0 Å². The molecule has 1 unspecified atom stereocenters. The maximum atomic E-state index is 3.98. The Morgan fingerprint density at radius 3 is 2.46 bits per heavy atom. The first-order chi connectivity index (χ1) is 6.29. The normalized spacial score (nSPS) is 13.1. The van der Waals surface area contributed by atoms with E-state index in [1.165, 1.54) is 16.3 Å². The molecule has 2 rings (SSSR count). The Morgan fingerprint density at radius 1 is 1.00 bits per heavy atom. The summed E-state index contributed by atoms with van der Waals surface area (Å²) in [6.07, 6.45) is 0. The van der Waals surface area contributed by atoms with E-state index in [-0.39, 0.29) is 4.83 Å². The van der Waals surface area contributed by atoms with Crippen molar-refractivity contribution in [2.75, 3.05) is 0 Å². The first kappa shape index (κ1) is 8.76. The lowest BCUT2D eigenvalue weighted by Gasteiger charge is -2.07. The summed E-state index contributed by atoms with van der Waals surface area (Å²) >= 11 is 3.49. The summed E-state index contributed by atoms with van der Waals surface area (Å²) < 4.78 is 0. The van der Waals surface area contributed by atoms with Crippen molar-refractivity contribution in [1.29, 1.82) is 0 Å². The second-order valence-electron chi connectivity index (χ2n) is 3.04. The summed E-state index contributed by atoms with van der Waals surface area (Å²) in [6, 6.07) is 14.7. The van der Waals surface area contributed by atoms with E-state index in [0.29, 0.717) is 0 Å². The summed E-state index contributed by atoms with van der Waals surface area (Å²) in [4.78, 5) is 0.165. The smallest absolute Gasteiger partial charge is 0.0402 e. The van der Waals surface area contributed by atoms with Gasteiger partial charge in [0.1, 0.15) is 0 Å². The topological polar surface area (TPSA) is 0 Å². The van der Waals surface area contributed by atoms with Crippen LogP contribution in [0, 0.1) is 6.92 Å². The Morgan fingerprint density at radius 2 is 1.69 bits per heavy atom. The fourth-order valence-electron chi connectivity index (χ4n) is 1.52. The molecule has 1 atom stereocenters. The lowest BCUT2D eigenvalue weighted by Crippen LogP contribution is -1.85. The average Bonchev–Trinajstić information content (AvgIpc) is 2.17. The first-order valence-electron chi connectivity index (χ1n) is 4.24. The van der Waals surface area contributed by atoms with Crippen LogP contribution in [-0.2, 0) is 0 Å². The third kappa shape index (κ3) is 1.61. The average molecular weight is 234 g/mol. The summed E-state index contributed by atoms with van der Waals surface area (Å²) in [5.74, 6) is 0. The van der Waals surface area contributed by atoms with Crippen LogP contribution in [0.5, 0.6) is 0 Å². The zero-order chi connectivity index (χ0) is 9.26. The van der Waals surface area contributed by atoms with Crippen LogP contribution in [0.3, 0.4) is 0 Å². The predicted molar refractivity (Wildman–Crippen MR) is 61.0 cm³/mol. The van der Waals surface area contributed by atoms with Gasteiger partial charge in [0.05, 0.1) is 0 Å². The zero-order valence-corrected chi connectivity index (χ0v) is 8.79. The minimum atomic E-state index is 0.165. The van der Waals surface area contributed by atoms with Gasteiger partial charge in [0.15, 0.2) is 0 Å². The van der Waals surface area contributed by atoms with Crippen molar-refractivity contribution in [3.05, 3.63) is 55.0 Å². The molecule has 0 aromatic heterocycles. The van der Waals surface area contributed by atoms with Crippen LogP contribution in [0.2, 0.25) is 0 Å². The molecule has 0 saturated carbocycles. The molecule has 0 aliphatic heterocycles. The third-order valence-corrected chi connectivity index (χ3v) is 2.65. The maximum absolute atomic E-state index is 3.98. The lowest BCUT2D eigenvalue weighted by molar-refractivity contribution is 1.28. The van der Waals surface area contributed by atoms with Crippen LogP contribution >= 0.6 is 15.9 Å². The Hall–Kier alpha value is -0.820. The molecule has 0 amide bonds. The van der Waals surface area contributed by atoms with Gasteiger partial charge in [0.2, 0.25) is 0 Å². The molecule has 0 bridgehead atoms. The largest absolute Gasteiger partial charge is 0.0839 e. The first-order valence-corrected chi connectivity index (χ1v) is 5.15. The molecule has 2 aromatic carbocycles. The Labute approximate surface area is 86.7 Å². The number of halogens is 1. The van der Waals surface area contributed by atoms with Gasteiger partial charge < -0.3 is 0 Å². The van der Waals surface area contributed by atoms with Gasteiger partial charge in [0, 0.05) is 4.83 Å². The standard InChI is InChI=1S/C12H10Br/c1-9(13)11-8-4-6-10-5-2-3-7-12(10)11/h2-9H,1H2. The van der Waals surface area contributed by atoms with Gasteiger partial charge in [-0.05, 0) is 23.3 Å². The van der Waals surface area contributed by atoms with Crippen molar-refractivity contribution in [3.8, 4) is 0 Å². The molecule has 65 valence electrons. The van der Waals surface area contributed by atoms with Crippen molar-refractivity contribution < 1.29 is 0 Å². The molecule has 0 heterocycles. The van der Waals surface area contributed by atoms with E-state index in [0.717, 1.165) is 0 Å². The Bertz CT molecular complexity index is 413. The van der Waals surface area contributed by atoms with Crippen molar-refractivity contribution in [2.45, 2.75) is 4.83 Å². The zero-order valence-electron chi connectivity index (χ0n) is 7.20. The van der Waals surface area contributed by atoms with Gasteiger partial charge in [0.25, 0.3) is 0 Å². The highest BCUT2D eigenvalue weighted by Gasteiger charge is 2.04. The molecule has 2 aromatic rings. The van der Waals surface area contributed by atoms with Gasteiger partial charge in [-0.25, -0.2) is 0 Å².